The predicted octanol–water partition coefficient (Wildman–Crippen LogP) is 0.623. The molecule has 0 saturated carbocycles. The lowest BCUT2D eigenvalue weighted by Gasteiger charge is -2.44. The van der Waals surface area contributed by atoms with Crippen LogP contribution in [0.1, 0.15) is 25.7 Å². The highest BCUT2D eigenvalue weighted by atomic mass is 16.5. The third kappa shape index (κ3) is 2.55. The molecule has 1 N–H and O–H groups in total. The number of carbonyl (C=O) groups is 1. The number of likely N-dealkylation sites (tertiary alicyclic amines) is 1. The quantitative estimate of drug-likeness (QED) is 0.715. The van der Waals surface area contributed by atoms with Gasteiger partial charge in [0.15, 0.2) is 0 Å². The Labute approximate surface area is 97.3 Å². The maximum absolute atomic E-state index is 11.9. The van der Waals surface area contributed by atoms with Crippen LogP contribution in [-0.4, -0.2) is 50.2 Å². The summed E-state index contributed by atoms with van der Waals surface area (Å²) < 4.78 is 5.05. The van der Waals surface area contributed by atoms with Crippen molar-refractivity contribution in [2.24, 2.45) is 5.92 Å². The Morgan fingerprint density at radius 3 is 3.19 bits per heavy atom. The van der Waals surface area contributed by atoms with Crippen molar-refractivity contribution < 1.29 is 9.53 Å². The highest BCUT2D eigenvalue weighted by molar-refractivity contribution is 5.77. The first kappa shape index (κ1) is 11.9. The van der Waals surface area contributed by atoms with Crippen LogP contribution < -0.4 is 5.32 Å². The molecule has 2 saturated heterocycles. The van der Waals surface area contributed by atoms with Crippen LogP contribution in [0.2, 0.25) is 0 Å². The van der Waals surface area contributed by atoms with Crippen molar-refractivity contribution in [1.29, 1.82) is 0 Å². The van der Waals surface area contributed by atoms with E-state index in [2.05, 4.69) is 10.2 Å². The van der Waals surface area contributed by atoms with Crippen molar-refractivity contribution in [2.75, 3.05) is 33.4 Å². The Hall–Kier alpha value is -0.610. The molecular formula is C12H22N2O2. The standard InChI is InChI=1S/C12H22N2O2/c1-16-8-2-7-14-11-5-6-13-9-10(11)3-4-12(14)15/h10-11,13H,2-9H2,1H3. The summed E-state index contributed by atoms with van der Waals surface area (Å²) in [5.41, 5.74) is 0. The number of hydrogen-bond donors (Lipinski definition) is 1. The average Bonchev–Trinajstić information content (AvgIpc) is 2.32. The first-order valence-corrected chi connectivity index (χ1v) is 6.32. The number of ether oxygens (including phenoxy) is 1. The van der Waals surface area contributed by atoms with E-state index in [1.165, 1.54) is 0 Å². The van der Waals surface area contributed by atoms with Gasteiger partial charge in [0.25, 0.3) is 0 Å². The summed E-state index contributed by atoms with van der Waals surface area (Å²) in [4.78, 5) is 14.0. The Bertz CT molecular complexity index is 245. The van der Waals surface area contributed by atoms with E-state index >= 15 is 0 Å². The molecular weight excluding hydrogens is 204 g/mol. The molecule has 0 aromatic heterocycles. The van der Waals surface area contributed by atoms with E-state index in [0.717, 1.165) is 51.9 Å². The number of hydrogen-bond acceptors (Lipinski definition) is 3. The van der Waals surface area contributed by atoms with Crippen molar-refractivity contribution in [1.82, 2.24) is 10.2 Å². The highest BCUT2D eigenvalue weighted by Crippen LogP contribution is 2.28. The Balaban J connectivity index is 1.92. The van der Waals surface area contributed by atoms with Gasteiger partial charge in [-0.15, -0.1) is 0 Å². The summed E-state index contributed by atoms with van der Waals surface area (Å²) in [5.74, 6) is 1.02. The molecule has 0 bridgehead atoms. The average molecular weight is 226 g/mol. The van der Waals surface area contributed by atoms with E-state index in [0.29, 0.717) is 17.9 Å². The zero-order chi connectivity index (χ0) is 11.4. The third-order valence-electron chi connectivity index (χ3n) is 3.76. The van der Waals surface area contributed by atoms with Crippen LogP contribution in [0.4, 0.5) is 0 Å². The van der Waals surface area contributed by atoms with Gasteiger partial charge in [0.2, 0.25) is 5.91 Å². The van der Waals surface area contributed by atoms with Crippen molar-refractivity contribution in [3.8, 4) is 0 Å². The van der Waals surface area contributed by atoms with Gasteiger partial charge in [-0.2, -0.15) is 0 Å². The van der Waals surface area contributed by atoms with Crippen molar-refractivity contribution in [2.45, 2.75) is 31.7 Å². The molecule has 2 aliphatic rings. The number of nitrogens with one attached hydrogen (secondary N) is 1. The number of piperidine rings is 2. The van der Waals surface area contributed by atoms with Crippen molar-refractivity contribution in [3.05, 3.63) is 0 Å². The van der Waals surface area contributed by atoms with Gasteiger partial charge in [0.05, 0.1) is 0 Å². The van der Waals surface area contributed by atoms with Gasteiger partial charge in [-0.1, -0.05) is 0 Å². The van der Waals surface area contributed by atoms with Gasteiger partial charge >= 0.3 is 0 Å². The van der Waals surface area contributed by atoms with E-state index in [4.69, 9.17) is 4.74 Å². The Kier molecular flexibility index (Phi) is 4.18. The zero-order valence-electron chi connectivity index (χ0n) is 10.1. The van der Waals surface area contributed by atoms with Crippen LogP contribution in [0.25, 0.3) is 0 Å². The highest BCUT2D eigenvalue weighted by Gasteiger charge is 2.36. The number of carbonyl (C=O) groups excluding carboxylic acids is 1. The smallest absolute Gasteiger partial charge is 0.222 e. The number of rotatable bonds is 4. The van der Waals surface area contributed by atoms with Gasteiger partial charge in [-0.05, 0) is 38.3 Å². The minimum Gasteiger partial charge on any atom is -0.385 e. The monoisotopic (exact) mass is 226 g/mol. The van der Waals surface area contributed by atoms with E-state index < -0.39 is 0 Å². The zero-order valence-corrected chi connectivity index (χ0v) is 10.1. The molecule has 2 aliphatic heterocycles. The molecule has 0 spiro atoms. The minimum absolute atomic E-state index is 0.347. The second kappa shape index (κ2) is 5.64. The van der Waals surface area contributed by atoms with E-state index in [1.807, 2.05) is 0 Å². The molecule has 16 heavy (non-hydrogen) atoms. The van der Waals surface area contributed by atoms with Crippen LogP contribution in [0.15, 0.2) is 0 Å². The fourth-order valence-corrected chi connectivity index (χ4v) is 2.92. The van der Waals surface area contributed by atoms with Crippen LogP contribution in [-0.2, 0) is 9.53 Å². The van der Waals surface area contributed by atoms with Gasteiger partial charge in [-0.3, -0.25) is 4.79 Å². The predicted molar refractivity (Wildman–Crippen MR) is 62.2 cm³/mol. The van der Waals surface area contributed by atoms with Crippen LogP contribution >= 0.6 is 0 Å². The van der Waals surface area contributed by atoms with Gasteiger partial charge < -0.3 is 15.0 Å². The number of nitrogens with zero attached hydrogens (tertiary/aromatic N) is 1. The fraction of sp³-hybridized carbons (Fsp3) is 0.917. The SMILES string of the molecule is COCCCN1C(=O)CCC2CNCCC21. The molecule has 4 nitrogen and oxygen atoms in total. The Morgan fingerprint density at radius 2 is 2.38 bits per heavy atom. The molecule has 1 amide bonds. The van der Waals surface area contributed by atoms with Crippen LogP contribution in [0.5, 0.6) is 0 Å². The van der Waals surface area contributed by atoms with Crippen molar-refractivity contribution >= 4 is 5.91 Å². The largest absolute Gasteiger partial charge is 0.385 e. The van der Waals surface area contributed by atoms with E-state index in [-0.39, 0.29) is 0 Å². The maximum atomic E-state index is 11.9. The number of methoxy groups -OCH3 is 1. The molecule has 2 atom stereocenters. The molecule has 2 fully saturated rings. The molecule has 4 heteroatoms. The first-order chi connectivity index (χ1) is 7.83. The molecule has 0 aliphatic carbocycles. The molecule has 2 heterocycles. The molecule has 92 valence electrons. The van der Waals surface area contributed by atoms with Crippen LogP contribution in [0, 0.1) is 5.92 Å². The summed E-state index contributed by atoms with van der Waals surface area (Å²) in [6.07, 6.45) is 3.87. The van der Waals surface area contributed by atoms with Gasteiger partial charge in [0, 0.05) is 32.7 Å². The molecule has 0 aromatic rings. The van der Waals surface area contributed by atoms with Gasteiger partial charge in [0.1, 0.15) is 0 Å². The second-order valence-electron chi connectivity index (χ2n) is 4.79. The molecule has 0 radical (unpaired) electrons. The topological polar surface area (TPSA) is 41.6 Å². The summed E-state index contributed by atoms with van der Waals surface area (Å²) >= 11 is 0. The van der Waals surface area contributed by atoms with E-state index in [9.17, 15) is 4.79 Å². The Morgan fingerprint density at radius 1 is 1.50 bits per heavy atom. The molecule has 2 rings (SSSR count). The van der Waals surface area contributed by atoms with E-state index in [1.54, 1.807) is 7.11 Å². The fourth-order valence-electron chi connectivity index (χ4n) is 2.92. The lowest BCUT2D eigenvalue weighted by molar-refractivity contribution is -0.139. The lowest BCUT2D eigenvalue weighted by atomic mass is 9.84. The number of amides is 1. The normalized spacial score (nSPS) is 30.3. The van der Waals surface area contributed by atoms with Crippen LogP contribution in [0.3, 0.4) is 0 Å². The third-order valence-corrected chi connectivity index (χ3v) is 3.76. The second-order valence-corrected chi connectivity index (χ2v) is 4.79. The lowest BCUT2D eigenvalue weighted by Crippen LogP contribution is -2.55. The molecule has 2 unspecified atom stereocenters. The van der Waals surface area contributed by atoms with Gasteiger partial charge in [-0.25, -0.2) is 0 Å². The maximum Gasteiger partial charge on any atom is 0.222 e. The first-order valence-electron chi connectivity index (χ1n) is 6.32. The summed E-state index contributed by atoms with van der Waals surface area (Å²) in [5, 5.41) is 3.42. The summed E-state index contributed by atoms with van der Waals surface area (Å²) in [7, 11) is 1.71. The summed E-state index contributed by atoms with van der Waals surface area (Å²) in [6.45, 7) is 3.75. The minimum atomic E-state index is 0.347. The number of fused-ring (bicyclic) bond motifs is 1. The molecule has 0 aromatic carbocycles. The van der Waals surface area contributed by atoms with Crippen molar-refractivity contribution in [3.63, 3.8) is 0 Å². The summed E-state index contributed by atoms with van der Waals surface area (Å²) in [6, 6.07) is 0.486.